The van der Waals surface area contributed by atoms with E-state index < -0.39 is 30.3 Å². The van der Waals surface area contributed by atoms with Crippen LogP contribution in [0.4, 0.5) is 26.1 Å². The number of hydrogen-bond donors (Lipinski definition) is 0. The second-order valence-corrected chi connectivity index (χ2v) is 4.76. The molecule has 0 aromatic rings. The minimum Gasteiger partial charge on any atom is -0.449 e. The van der Waals surface area contributed by atoms with Crippen molar-refractivity contribution in [3.8, 4) is 0 Å². The van der Waals surface area contributed by atoms with Gasteiger partial charge in [-0.15, -0.1) is 0 Å². The Morgan fingerprint density at radius 1 is 1.00 bits per heavy atom. The van der Waals surface area contributed by atoms with Crippen LogP contribution in [0.25, 0.3) is 0 Å². The van der Waals surface area contributed by atoms with Crippen LogP contribution in [0.1, 0.15) is 25.7 Å². The monoisotopic (exact) mass is 217 g/mol. The van der Waals surface area contributed by atoms with Gasteiger partial charge in [0, 0.05) is 6.42 Å². The summed E-state index contributed by atoms with van der Waals surface area (Å²) in [6.07, 6.45) is -6.28. The lowest BCUT2D eigenvalue weighted by atomic mass is 9.23. The second kappa shape index (κ2) is 2.24. The van der Waals surface area contributed by atoms with E-state index in [2.05, 4.69) is 0 Å². The molecule has 3 aliphatic rings. The van der Waals surface area contributed by atoms with Crippen molar-refractivity contribution in [1.29, 1.82) is 0 Å². The SMILES string of the molecule is F[B-](F)(F)C12CC(CC(F)(F)F)(C1)C2. The first kappa shape index (κ1) is 10.2. The molecule has 0 aliphatic heterocycles. The first-order chi connectivity index (χ1) is 6.08. The van der Waals surface area contributed by atoms with E-state index in [0.717, 1.165) is 0 Å². The lowest BCUT2D eigenvalue weighted by Crippen LogP contribution is -2.65. The van der Waals surface area contributed by atoms with E-state index in [1.54, 1.807) is 0 Å². The van der Waals surface area contributed by atoms with Gasteiger partial charge in [0.15, 0.2) is 0 Å². The minimum absolute atomic E-state index is 0.303. The quantitative estimate of drug-likeness (QED) is 0.488. The summed E-state index contributed by atoms with van der Waals surface area (Å²) in [5.41, 5.74) is -1.06. The number of hydrogen-bond acceptors (Lipinski definition) is 0. The molecule has 2 bridgehead atoms. The van der Waals surface area contributed by atoms with Crippen LogP contribution in [0.3, 0.4) is 0 Å². The lowest BCUT2D eigenvalue weighted by Gasteiger charge is -2.75. The first-order valence-corrected chi connectivity index (χ1v) is 4.34. The van der Waals surface area contributed by atoms with Crippen LogP contribution in [0, 0.1) is 5.41 Å². The molecule has 3 aliphatic carbocycles. The van der Waals surface area contributed by atoms with Crippen molar-refractivity contribution in [2.45, 2.75) is 37.2 Å². The highest BCUT2D eigenvalue weighted by Crippen LogP contribution is 2.84. The van der Waals surface area contributed by atoms with Gasteiger partial charge < -0.3 is 12.9 Å². The van der Waals surface area contributed by atoms with Crippen LogP contribution in [0.2, 0.25) is 5.31 Å². The van der Waals surface area contributed by atoms with Gasteiger partial charge in [-0.25, -0.2) is 0 Å². The Bertz CT molecular complexity index is 245. The van der Waals surface area contributed by atoms with E-state index in [1.807, 2.05) is 0 Å². The van der Waals surface area contributed by atoms with Crippen LogP contribution in [-0.2, 0) is 0 Å². The van der Waals surface area contributed by atoms with Crippen LogP contribution in [0.5, 0.6) is 0 Å². The molecule has 0 aromatic heterocycles. The summed E-state index contributed by atoms with van der Waals surface area (Å²) >= 11 is 0. The molecule has 0 radical (unpaired) electrons. The molecular formula is C7H8BF6-. The van der Waals surface area contributed by atoms with E-state index in [9.17, 15) is 26.1 Å². The molecule has 0 unspecified atom stereocenters. The molecule has 3 rings (SSSR count). The Balaban J connectivity index is 1.95. The third-order valence-corrected chi connectivity index (χ3v) is 3.45. The van der Waals surface area contributed by atoms with Crippen molar-refractivity contribution < 1.29 is 26.1 Å². The van der Waals surface area contributed by atoms with E-state index in [0.29, 0.717) is 0 Å². The third-order valence-electron chi connectivity index (χ3n) is 3.45. The third kappa shape index (κ3) is 1.24. The van der Waals surface area contributed by atoms with E-state index in [4.69, 9.17) is 0 Å². The topological polar surface area (TPSA) is 0 Å². The molecule has 0 nitrogen and oxygen atoms in total. The molecule has 0 amide bonds. The Hall–Kier alpha value is -0.355. The van der Waals surface area contributed by atoms with Gasteiger partial charge in [-0.05, 0) is 5.41 Å². The first-order valence-electron chi connectivity index (χ1n) is 4.34. The maximum atomic E-state index is 12.3. The van der Waals surface area contributed by atoms with Gasteiger partial charge in [0.25, 0.3) is 0 Å². The summed E-state index contributed by atoms with van der Waals surface area (Å²) in [4.78, 5) is 0. The smallest absolute Gasteiger partial charge is 0.449 e. The molecule has 82 valence electrons. The van der Waals surface area contributed by atoms with Crippen LogP contribution < -0.4 is 0 Å². The molecule has 3 saturated carbocycles. The van der Waals surface area contributed by atoms with Gasteiger partial charge in [-0.2, -0.15) is 13.2 Å². The number of halogens is 6. The minimum atomic E-state index is -4.95. The standard InChI is InChI=1S/C7H8BF6/c9-7(10,11)4-5-1-6(2-5,3-5)8(12,13)14/h1-4H2/q-1. The van der Waals surface area contributed by atoms with E-state index in [1.165, 1.54) is 0 Å². The molecule has 0 heterocycles. The van der Waals surface area contributed by atoms with Crippen LogP contribution in [0.15, 0.2) is 0 Å². The summed E-state index contributed by atoms with van der Waals surface area (Å²) in [6, 6.07) is 0. The molecule has 0 atom stereocenters. The molecule has 3 fully saturated rings. The molecule has 0 saturated heterocycles. The van der Waals surface area contributed by atoms with Crippen molar-refractivity contribution >= 4 is 6.98 Å². The Kier molecular flexibility index (Phi) is 1.63. The van der Waals surface area contributed by atoms with Crippen molar-refractivity contribution in [2.24, 2.45) is 5.41 Å². The Morgan fingerprint density at radius 3 is 1.71 bits per heavy atom. The van der Waals surface area contributed by atoms with Gasteiger partial charge in [0.2, 0.25) is 0 Å². The van der Waals surface area contributed by atoms with Crippen molar-refractivity contribution in [1.82, 2.24) is 0 Å². The van der Waals surface area contributed by atoms with Crippen LogP contribution >= 0.6 is 0 Å². The predicted molar refractivity (Wildman–Crippen MR) is 38.7 cm³/mol. The fraction of sp³-hybridized carbons (Fsp3) is 1.00. The fourth-order valence-corrected chi connectivity index (χ4v) is 3.05. The normalized spacial score (nSPS) is 41.6. The van der Waals surface area contributed by atoms with E-state index >= 15 is 0 Å². The highest BCUT2D eigenvalue weighted by atomic mass is 19.4. The summed E-state index contributed by atoms with van der Waals surface area (Å²) in [6.45, 7) is -4.95. The largest absolute Gasteiger partial charge is 0.484 e. The maximum absolute atomic E-state index is 12.3. The second-order valence-electron chi connectivity index (χ2n) is 4.76. The Morgan fingerprint density at radius 2 is 1.43 bits per heavy atom. The summed E-state index contributed by atoms with van der Waals surface area (Å²) in [5, 5.41) is -1.70. The molecule has 0 spiro atoms. The highest BCUT2D eigenvalue weighted by Gasteiger charge is 2.75. The number of alkyl halides is 3. The van der Waals surface area contributed by atoms with E-state index in [-0.39, 0.29) is 19.3 Å². The Labute approximate surface area is 76.7 Å². The lowest BCUT2D eigenvalue weighted by molar-refractivity contribution is -0.221. The summed E-state index contributed by atoms with van der Waals surface area (Å²) in [5.74, 6) is 0. The average Bonchev–Trinajstić information content (AvgIpc) is 1.68. The summed E-state index contributed by atoms with van der Waals surface area (Å²) < 4.78 is 72.7. The molecule has 0 aromatic carbocycles. The maximum Gasteiger partial charge on any atom is 0.484 e. The molecule has 0 N–H and O–H groups in total. The number of rotatable bonds is 2. The van der Waals surface area contributed by atoms with Gasteiger partial charge >= 0.3 is 13.2 Å². The van der Waals surface area contributed by atoms with Crippen molar-refractivity contribution in [3.05, 3.63) is 0 Å². The average molecular weight is 217 g/mol. The zero-order valence-electron chi connectivity index (χ0n) is 7.17. The molecule has 14 heavy (non-hydrogen) atoms. The fourth-order valence-electron chi connectivity index (χ4n) is 3.05. The zero-order valence-corrected chi connectivity index (χ0v) is 7.17. The summed E-state index contributed by atoms with van der Waals surface area (Å²) in [7, 11) is 0. The van der Waals surface area contributed by atoms with Gasteiger partial charge in [0.1, 0.15) is 0 Å². The highest BCUT2D eigenvalue weighted by molar-refractivity contribution is 6.63. The van der Waals surface area contributed by atoms with Crippen LogP contribution in [-0.4, -0.2) is 13.2 Å². The predicted octanol–water partition coefficient (Wildman–Crippen LogP) is 3.71. The molecular weight excluding hydrogens is 209 g/mol. The van der Waals surface area contributed by atoms with Crippen molar-refractivity contribution in [2.75, 3.05) is 0 Å². The van der Waals surface area contributed by atoms with Gasteiger partial charge in [-0.1, -0.05) is 24.6 Å². The van der Waals surface area contributed by atoms with Gasteiger partial charge in [0.05, 0.1) is 0 Å². The van der Waals surface area contributed by atoms with Gasteiger partial charge in [-0.3, -0.25) is 0 Å². The zero-order chi connectivity index (χ0) is 10.8. The molecule has 7 heteroatoms. The van der Waals surface area contributed by atoms with Crippen molar-refractivity contribution in [3.63, 3.8) is 0 Å².